The molecule has 0 fully saturated rings. The minimum atomic E-state index is -0.752. The molecule has 70 valence electrons. The number of nitro benzene ring substituents is 1. The molecule has 6 heteroatoms. The second-order valence-electron chi connectivity index (χ2n) is 2.33. The van der Waals surface area contributed by atoms with Crippen molar-refractivity contribution in [3.05, 3.63) is 38.1 Å². The number of aliphatic hydroxyl groups excluding tert-OH is 1. The molecule has 4 nitrogen and oxygen atoms in total. The zero-order valence-corrected chi connectivity index (χ0v) is 7.91. The Morgan fingerprint density at radius 3 is 2.69 bits per heavy atom. The molecule has 0 aromatic heterocycles. The Kier molecular flexibility index (Phi) is 2.94. The summed E-state index contributed by atoms with van der Waals surface area (Å²) < 4.78 is 12.7. The molecule has 1 aromatic carbocycles. The molecule has 0 unspecified atom stereocenters. The van der Waals surface area contributed by atoms with E-state index in [1.807, 2.05) is 0 Å². The van der Waals surface area contributed by atoms with Crippen molar-refractivity contribution in [1.82, 2.24) is 0 Å². The van der Waals surface area contributed by atoms with Crippen molar-refractivity contribution < 1.29 is 14.4 Å². The molecule has 1 N–H and O–H groups in total. The van der Waals surface area contributed by atoms with Crippen molar-refractivity contribution in [3.63, 3.8) is 0 Å². The lowest BCUT2D eigenvalue weighted by Crippen LogP contribution is -1.95. The predicted molar refractivity (Wildman–Crippen MR) is 46.7 cm³/mol. The maximum Gasteiger partial charge on any atom is 0.286 e. The molecule has 0 amide bonds. The van der Waals surface area contributed by atoms with Crippen LogP contribution < -0.4 is 0 Å². The van der Waals surface area contributed by atoms with Gasteiger partial charge in [-0.2, -0.15) is 0 Å². The van der Waals surface area contributed by atoms with Crippen LogP contribution in [-0.4, -0.2) is 10.0 Å². The smallest absolute Gasteiger partial charge is 0.286 e. The topological polar surface area (TPSA) is 63.4 Å². The van der Waals surface area contributed by atoms with Crippen LogP contribution in [0.5, 0.6) is 0 Å². The van der Waals surface area contributed by atoms with E-state index in [-0.39, 0.29) is 15.7 Å². The molecule has 0 radical (unpaired) electrons. The summed E-state index contributed by atoms with van der Waals surface area (Å²) in [4.78, 5) is 9.65. The van der Waals surface area contributed by atoms with Crippen molar-refractivity contribution in [3.8, 4) is 0 Å². The highest BCUT2D eigenvalue weighted by Crippen LogP contribution is 2.28. The van der Waals surface area contributed by atoms with E-state index in [0.717, 1.165) is 12.1 Å². The van der Waals surface area contributed by atoms with Gasteiger partial charge in [-0.05, 0) is 27.6 Å². The number of hydrogen-bond acceptors (Lipinski definition) is 3. The van der Waals surface area contributed by atoms with Gasteiger partial charge < -0.3 is 5.11 Å². The van der Waals surface area contributed by atoms with Gasteiger partial charge in [-0.25, -0.2) is 4.39 Å². The monoisotopic (exact) mass is 249 g/mol. The van der Waals surface area contributed by atoms with E-state index >= 15 is 0 Å². The second-order valence-corrected chi connectivity index (χ2v) is 3.12. The van der Waals surface area contributed by atoms with Gasteiger partial charge in [-0.15, -0.1) is 0 Å². The fourth-order valence-corrected chi connectivity index (χ4v) is 1.23. The average molecular weight is 250 g/mol. The summed E-state index contributed by atoms with van der Waals surface area (Å²) in [6.45, 7) is -0.426. The molecule has 0 aliphatic heterocycles. The van der Waals surface area contributed by atoms with E-state index in [4.69, 9.17) is 5.11 Å². The van der Waals surface area contributed by atoms with Gasteiger partial charge in [0.25, 0.3) is 5.69 Å². The first kappa shape index (κ1) is 10.1. The van der Waals surface area contributed by atoms with Crippen LogP contribution in [0.4, 0.5) is 10.1 Å². The standard InChI is InChI=1S/C7H5BrFNO3/c8-7-5(9)1-4(3-11)2-6(7)10(12)13/h1-2,11H,3H2. The van der Waals surface area contributed by atoms with Gasteiger partial charge in [-0.3, -0.25) is 10.1 Å². The molecule has 0 aliphatic rings. The molecule has 0 saturated carbocycles. The lowest BCUT2D eigenvalue weighted by molar-refractivity contribution is -0.385. The molecular formula is C7H5BrFNO3. The van der Waals surface area contributed by atoms with Crippen LogP contribution in [0.1, 0.15) is 5.56 Å². The Balaban J connectivity index is 3.33. The Morgan fingerprint density at radius 1 is 1.62 bits per heavy atom. The normalized spacial score (nSPS) is 10.1. The molecule has 13 heavy (non-hydrogen) atoms. The second kappa shape index (κ2) is 3.80. The number of nitro groups is 1. The van der Waals surface area contributed by atoms with E-state index < -0.39 is 17.3 Å². The number of rotatable bonds is 2. The van der Waals surface area contributed by atoms with Crippen LogP contribution in [0.25, 0.3) is 0 Å². The number of nitrogens with zero attached hydrogens (tertiary/aromatic N) is 1. The first-order valence-electron chi connectivity index (χ1n) is 3.29. The molecular weight excluding hydrogens is 245 g/mol. The molecule has 0 heterocycles. The van der Waals surface area contributed by atoms with Crippen molar-refractivity contribution in [2.45, 2.75) is 6.61 Å². The van der Waals surface area contributed by atoms with Gasteiger partial charge in [0, 0.05) is 6.07 Å². The van der Waals surface area contributed by atoms with Crippen LogP contribution in [-0.2, 0) is 6.61 Å². The van der Waals surface area contributed by atoms with Crippen LogP contribution in [0, 0.1) is 15.9 Å². The zero-order valence-electron chi connectivity index (χ0n) is 6.33. The maximum atomic E-state index is 12.9. The Labute approximate surface area is 81.3 Å². The first-order valence-corrected chi connectivity index (χ1v) is 4.08. The summed E-state index contributed by atoms with van der Waals surface area (Å²) in [6, 6.07) is 2.16. The predicted octanol–water partition coefficient (Wildman–Crippen LogP) is 1.99. The van der Waals surface area contributed by atoms with Gasteiger partial charge in [0.2, 0.25) is 0 Å². The summed E-state index contributed by atoms with van der Waals surface area (Å²) >= 11 is 2.75. The van der Waals surface area contributed by atoms with Crippen LogP contribution >= 0.6 is 15.9 Å². The lowest BCUT2D eigenvalue weighted by atomic mass is 10.2. The summed E-state index contributed by atoms with van der Waals surface area (Å²) in [5.74, 6) is -0.752. The van der Waals surface area contributed by atoms with Gasteiger partial charge in [0.05, 0.1) is 11.5 Å². The average Bonchev–Trinajstić information content (AvgIpc) is 2.09. The molecule has 0 spiro atoms. The Hall–Kier alpha value is -1.01. The molecule has 1 aromatic rings. The fourth-order valence-electron chi connectivity index (χ4n) is 0.853. The van der Waals surface area contributed by atoms with Gasteiger partial charge in [0.1, 0.15) is 10.3 Å². The lowest BCUT2D eigenvalue weighted by Gasteiger charge is -2.00. The van der Waals surface area contributed by atoms with Crippen LogP contribution in [0.3, 0.4) is 0 Å². The maximum absolute atomic E-state index is 12.9. The highest BCUT2D eigenvalue weighted by molar-refractivity contribution is 9.10. The summed E-state index contributed by atoms with van der Waals surface area (Å²) in [5.41, 5.74) is -0.212. The van der Waals surface area contributed by atoms with Crippen molar-refractivity contribution in [2.24, 2.45) is 0 Å². The van der Waals surface area contributed by atoms with E-state index in [9.17, 15) is 14.5 Å². The number of benzene rings is 1. The van der Waals surface area contributed by atoms with Crippen molar-refractivity contribution in [2.75, 3.05) is 0 Å². The summed E-state index contributed by atoms with van der Waals surface area (Å²) in [5, 5.41) is 19.0. The Morgan fingerprint density at radius 2 is 2.23 bits per heavy atom. The third-order valence-electron chi connectivity index (χ3n) is 1.45. The molecule has 0 atom stereocenters. The van der Waals surface area contributed by atoms with Crippen LogP contribution in [0.15, 0.2) is 16.6 Å². The zero-order chi connectivity index (χ0) is 10.0. The molecule has 0 bridgehead atoms. The highest BCUT2D eigenvalue weighted by Gasteiger charge is 2.17. The fraction of sp³-hybridized carbons (Fsp3) is 0.143. The summed E-state index contributed by atoms with van der Waals surface area (Å²) in [7, 11) is 0. The van der Waals surface area contributed by atoms with Gasteiger partial charge in [-0.1, -0.05) is 0 Å². The van der Waals surface area contributed by atoms with Crippen molar-refractivity contribution in [1.29, 1.82) is 0 Å². The van der Waals surface area contributed by atoms with Gasteiger partial charge in [0.15, 0.2) is 0 Å². The Bertz CT molecular complexity index is 356. The van der Waals surface area contributed by atoms with E-state index in [1.165, 1.54) is 0 Å². The molecule has 1 rings (SSSR count). The largest absolute Gasteiger partial charge is 0.392 e. The minimum absolute atomic E-state index is 0.174. The first-order chi connectivity index (χ1) is 6.06. The molecule has 0 saturated heterocycles. The third-order valence-corrected chi connectivity index (χ3v) is 2.23. The SMILES string of the molecule is O=[N+]([O-])c1cc(CO)cc(F)c1Br. The summed E-state index contributed by atoms with van der Waals surface area (Å²) in [6.07, 6.45) is 0. The molecule has 0 aliphatic carbocycles. The highest BCUT2D eigenvalue weighted by atomic mass is 79.9. The van der Waals surface area contributed by atoms with Gasteiger partial charge >= 0.3 is 0 Å². The quantitative estimate of drug-likeness (QED) is 0.644. The number of halogens is 2. The van der Waals surface area contributed by atoms with E-state index in [0.29, 0.717) is 0 Å². The van der Waals surface area contributed by atoms with E-state index in [2.05, 4.69) is 15.9 Å². The van der Waals surface area contributed by atoms with Crippen LogP contribution in [0.2, 0.25) is 0 Å². The van der Waals surface area contributed by atoms with Crippen molar-refractivity contribution >= 4 is 21.6 Å². The third kappa shape index (κ3) is 2.02. The minimum Gasteiger partial charge on any atom is -0.392 e. The number of hydrogen-bond donors (Lipinski definition) is 1. The van der Waals surface area contributed by atoms with E-state index in [1.54, 1.807) is 0 Å². The number of aliphatic hydroxyl groups is 1.